The van der Waals surface area contributed by atoms with Crippen molar-refractivity contribution in [1.82, 2.24) is 4.90 Å². The standard InChI is InChI=1S/C25H33N3O2/c1-18-8-6-9-20(14-18)17-27-12-7-13-28(24(27)30)22-11-10-19(2)15-21(22)26-23(29)16-25(3,4)5/h6,8-11,14-15H,7,12-13,16-17H2,1-5H3,(H,26,29). The molecular weight excluding hydrogens is 374 g/mol. The van der Waals surface area contributed by atoms with E-state index in [0.717, 1.165) is 29.8 Å². The van der Waals surface area contributed by atoms with Crippen molar-refractivity contribution in [2.75, 3.05) is 23.3 Å². The van der Waals surface area contributed by atoms with E-state index in [9.17, 15) is 9.59 Å². The third-order valence-corrected chi connectivity index (χ3v) is 5.17. The van der Waals surface area contributed by atoms with Gasteiger partial charge in [0.1, 0.15) is 0 Å². The van der Waals surface area contributed by atoms with Crippen LogP contribution in [-0.2, 0) is 11.3 Å². The molecule has 0 atom stereocenters. The molecule has 3 amide bonds. The van der Waals surface area contributed by atoms with E-state index in [-0.39, 0.29) is 17.4 Å². The lowest BCUT2D eigenvalue weighted by molar-refractivity contribution is -0.117. The van der Waals surface area contributed by atoms with Crippen molar-refractivity contribution in [1.29, 1.82) is 0 Å². The normalized spacial score (nSPS) is 14.8. The van der Waals surface area contributed by atoms with Crippen LogP contribution in [0.3, 0.4) is 0 Å². The molecule has 1 saturated heterocycles. The second-order valence-corrected chi connectivity index (χ2v) is 9.50. The number of carbonyl (C=O) groups excluding carboxylic acids is 2. The fourth-order valence-electron chi connectivity index (χ4n) is 3.84. The molecule has 30 heavy (non-hydrogen) atoms. The average molecular weight is 408 g/mol. The zero-order valence-corrected chi connectivity index (χ0v) is 18.8. The summed E-state index contributed by atoms with van der Waals surface area (Å²) in [6.07, 6.45) is 1.31. The minimum absolute atomic E-state index is 0.0158. The summed E-state index contributed by atoms with van der Waals surface area (Å²) < 4.78 is 0. The number of nitrogens with one attached hydrogen (secondary N) is 1. The van der Waals surface area contributed by atoms with Crippen LogP contribution in [0.2, 0.25) is 0 Å². The number of benzene rings is 2. The van der Waals surface area contributed by atoms with E-state index >= 15 is 0 Å². The molecule has 1 fully saturated rings. The summed E-state index contributed by atoms with van der Waals surface area (Å²) in [6.45, 7) is 12.2. The Morgan fingerprint density at radius 1 is 1.03 bits per heavy atom. The predicted molar refractivity (Wildman–Crippen MR) is 123 cm³/mol. The summed E-state index contributed by atoms with van der Waals surface area (Å²) >= 11 is 0. The van der Waals surface area contributed by atoms with Gasteiger partial charge in [0.15, 0.2) is 0 Å². The van der Waals surface area contributed by atoms with E-state index < -0.39 is 0 Å². The van der Waals surface area contributed by atoms with Crippen LogP contribution in [0.4, 0.5) is 16.2 Å². The lowest BCUT2D eigenvalue weighted by Gasteiger charge is -2.36. The van der Waals surface area contributed by atoms with Crippen molar-refractivity contribution in [2.24, 2.45) is 5.41 Å². The largest absolute Gasteiger partial charge is 0.324 e. The average Bonchev–Trinajstić information content (AvgIpc) is 2.62. The molecule has 5 nitrogen and oxygen atoms in total. The van der Waals surface area contributed by atoms with Crippen LogP contribution in [0.1, 0.15) is 50.3 Å². The second kappa shape index (κ2) is 8.90. The van der Waals surface area contributed by atoms with Crippen LogP contribution in [0.25, 0.3) is 0 Å². The molecule has 3 rings (SSSR count). The van der Waals surface area contributed by atoms with Crippen molar-refractivity contribution in [2.45, 2.75) is 54.0 Å². The zero-order valence-electron chi connectivity index (χ0n) is 18.8. The highest BCUT2D eigenvalue weighted by Gasteiger charge is 2.29. The van der Waals surface area contributed by atoms with Gasteiger partial charge in [-0.1, -0.05) is 56.7 Å². The van der Waals surface area contributed by atoms with Crippen LogP contribution < -0.4 is 10.2 Å². The first-order valence-corrected chi connectivity index (χ1v) is 10.6. The van der Waals surface area contributed by atoms with E-state index in [1.807, 2.05) is 56.9 Å². The molecule has 0 aromatic heterocycles. The predicted octanol–water partition coefficient (Wildman–Crippen LogP) is 5.51. The number of urea groups is 1. The fourth-order valence-corrected chi connectivity index (χ4v) is 3.84. The number of carbonyl (C=O) groups is 2. The van der Waals surface area contributed by atoms with Gasteiger partial charge in [-0.25, -0.2) is 4.79 Å². The molecule has 2 aromatic rings. The molecule has 0 bridgehead atoms. The fraction of sp³-hybridized carbons (Fsp3) is 0.440. The minimum atomic E-state index is -0.0976. The van der Waals surface area contributed by atoms with Gasteiger partial charge in [-0.3, -0.25) is 9.69 Å². The maximum Gasteiger partial charge on any atom is 0.324 e. The SMILES string of the molecule is Cc1cccc(CN2CCCN(c3ccc(C)cc3NC(=O)CC(C)(C)C)C2=O)c1. The van der Waals surface area contributed by atoms with Crippen molar-refractivity contribution in [3.05, 3.63) is 59.2 Å². The van der Waals surface area contributed by atoms with Crippen molar-refractivity contribution >= 4 is 23.3 Å². The van der Waals surface area contributed by atoms with Gasteiger partial charge in [-0.15, -0.1) is 0 Å². The summed E-state index contributed by atoms with van der Waals surface area (Å²) in [5, 5.41) is 3.05. The maximum absolute atomic E-state index is 13.3. The van der Waals surface area contributed by atoms with Crippen molar-refractivity contribution < 1.29 is 9.59 Å². The highest BCUT2D eigenvalue weighted by molar-refractivity contribution is 6.01. The molecule has 1 aliphatic rings. The Kier molecular flexibility index (Phi) is 6.49. The van der Waals surface area contributed by atoms with Gasteiger partial charge in [0.25, 0.3) is 0 Å². The summed E-state index contributed by atoms with van der Waals surface area (Å²) in [4.78, 5) is 29.6. The Bertz CT molecular complexity index is 930. The molecule has 0 saturated carbocycles. The van der Waals surface area contributed by atoms with Crippen LogP contribution in [-0.4, -0.2) is 29.9 Å². The molecule has 1 heterocycles. The summed E-state index contributed by atoms with van der Waals surface area (Å²) in [6, 6.07) is 14.1. The van der Waals surface area contributed by atoms with Crippen LogP contribution in [0.5, 0.6) is 0 Å². The first kappa shape index (κ1) is 21.9. The van der Waals surface area contributed by atoms with E-state index in [1.54, 1.807) is 4.90 Å². The number of nitrogens with zero attached hydrogens (tertiary/aromatic N) is 2. The van der Waals surface area contributed by atoms with Gasteiger partial charge in [0.2, 0.25) is 5.91 Å². The Hall–Kier alpha value is -2.82. The molecule has 0 radical (unpaired) electrons. The molecular formula is C25H33N3O2. The summed E-state index contributed by atoms with van der Waals surface area (Å²) in [7, 11) is 0. The third-order valence-electron chi connectivity index (χ3n) is 5.17. The van der Waals surface area contributed by atoms with E-state index in [2.05, 4.69) is 30.4 Å². The van der Waals surface area contributed by atoms with E-state index in [4.69, 9.17) is 0 Å². The Labute approximate surface area is 180 Å². The van der Waals surface area contributed by atoms with Crippen molar-refractivity contribution in [3.63, 3.8) is 0 Å². The molecule has 1 aliphatic heterocycles. The molecule has 0 unspecified atom stereocenters. The minimum Gasteiger partial charge on any atom is -0.324 e. The second-order valence-electron chi connectivity index (χ2n) is 9.50. The Morgan fingerprint density at radius 3 is 2.47 bits per heavy atom. The number of anilines is 2. The van der Waals surface area contributed by atoms with Crippen LogP contribution >= 0.6 is 0 Å². The Morgan fingerprint density at radius 2 is 1.77 bits per heavy atom. The quantitative estimate of drug-likeness (QED) is 0.710. The number of rotatable bonds is 5. The Balaban J connectivity index is 1.82. The number of amides is 3. The summed E-state index contributed by atoms with van der Waals surface area (Å²) in [5.74, 6) is -0.0320. The van der Waals surface area contributed by atoms with Gasteiger partial charge < -0.3 is 10.2 Å². The number of aryl methyl sites for hydroxylation is 2. The van der Waals surface area contributed by atoms with Gasteiger partial charge in [-0.2, -0.15) is 0 Å². The van der Waals surface area contributed by atoms with Crippen LogP contribution in [0.15, 0.2) is 42.5 Å². The molecule has 160 valence electrons. The van der Waals surface area contributed by atoms with Crippen molar-refractivity contribution in [3.8, 4) is 0 Å². The topological polar surface area (TPSA) is 52.6 Å². The third kappa shape index (κ3) is 5.62. The first-order chi connectivity index (χ1) is 14.1. The van der Waals surface area contributed by atoms with E-state index in [1.165, 1.54) is 5.56 Å². The van der Waals surface area contributed by atoms with Crippen LogP contribution in [0, 0.1) is 19.3 Å². The van der Waals surface area contributed by atoms with Gasteiger partial charge in [0, 0.05) is 26.1 Å². The van der Waals surface area contributed by atoms with Gasteiger partial charge in [0.05, 0.1) is 11.4 Å². The maximum atomic E-state index is 13.3. The van der Waals surface area contributed by atoms with E-state index in [0.29, 0.717) is 25.2 Å². The zero-order chi connectivity index (χ0) is 21.9. The lowest BCUT2D eigenvalue weighted by Crippen LogP contribution is -2.49. The van der Waals surface area contributed by atoms with Gasteiger partial charge >= 0.3 is 6.03 Å². The molecule has 5 heteroatoms. The highest BCUT2D eigenvalue weighted by Crippen LogP contribution is 2.31. The first-order valence-electron chi connectivity index (χ1n) is 10.6. The lowest BCUT2D eigenvalue weighted by atomic mass is 9.92. The molecule has 2 aromatic carbocycles. The summed E-state index contributed by atoms with van der Waals surface area (Å²) in [5.41, 5.74) is 4.74. The highest BCUT2D eigenvalue weighted by atomic mass is 16.2. The molecule has 0 aliphatic carbocycles. The molecule has 0 spiro atoms. The number of hydrogen-bond acceptors (Lipinski definition) is 2. The van der Waals surface area contributed by atoms with Gasteiger partial charge in [-0.05, 0) is 48.9 Å². The molecule has 1 N–H and O–H groups in total. The number of hydrogen-bond donors (Lipinski definition) is 1. The monoisotopic (exact) mass is 407 g/mol. The smallest absolute Gasteiger partial charge is 0.324 e.